The SMILES string of the molecule is CC(C)(C)OC(=O)NCCNC(=O)c1cccnc1N. The number of carbonyl (C=O) groups excluding carboxylic acids is 2. The first-order chi connectivity index (χ1) is 9.29. The maximum absolute atomic E-state index is 11.8. The highest BCUT2D eigenvalue weighted by molar-refractivity contribution is 5.98. The zero-order chi connectivity index (χ0) is 15.2. The average molecular weight is 280 g/mol. The Balaban J connectivity index is 2.30. The zero-order valence-corrected chi connectivity index (χ0v) is 11.9. The minimum Gasteiger partial charge on any atom is -0.444 e. The molecule has 0 spiro atoms. The smallest absolute Gasteiger partial charge is 0.407 e. The predicted molar refractivity (Wildman–Crippen MR) is 75.2 cm³/mol. The topological polar surface area (TPSA) is 106 Å². The molecule has 0 bridgehead atoms. The fourth-order valence-corrected chi connectivity index (χ4v) is 1.36. The third-order valence-electron chi connectivity index (χ3n) is 2.16. The fraction of sp³-hybridized carbons (Fsp3) is 0.462. The first-order valence-corrected chi connectivity index (χ1v) is 6.25. The van der Waals surface area contributed by atoms with Crippen molar-refractivity contribution in [3.05, 3.63) is 23.9 Å². The highest BCUT2D eigenvalue weighted by atomic mass is 16.6. The molecule has 0 aromatic carbocycles. The van der Waals surface area contributed by atoms with Crippen LogP contribution in [0.5, 0.6) is 0 Å². The number of nitrogen functional groups attached to an aromatic ring is 1. The summed E-state index contributed by atoms with van der Waals surface area (Å²) in [4.78, 5) is 26.9. The number of ether oxygens (including phenoxy) is 1. The Morgan fingerprint density at radius 2 is 1.95 bits per heavy atom. The van der Waals surface area contributed by atoms with Crippen molar-refractivity contribution in [2.75, 3.05) is 18.8 Å². The van der Waals surface area contributed by atoms with Gasteiger partial charge in [-0.15, -0.1) is 0 Å². The van der Waals surface area contributed by atoms with Gasteiger partial charge in [-0.3, -0.25) is 4.79 Å². The molecule has 0 saturated heterocycles. The zero-order valence-electron chi connectivity index (χ0n) is 11.9. The standard InChI is InChI=1S/C13H20N4O3/c1-13(2,3)20-12(19)17-8-7-16-11(18)9-5-4-6-15-10(9)14/h4-6H,7-8H2,1-3H3,(H2,14,15)(H,16,18)(H,17,19). The van der Waals surface area contributed by atoms with Crippen LogP contribution in [0.15, 0.2) is 18.3 Å². The summed E-state index contributed by atoms with van der Waals surface area (Å²) in [6, 6.07) is 3.21. The second-order valence-electron chi connectivity index (χ2n) is 5.12. The second kappa shape index (κ2) is 6.74. The van der Waals surface area contributed by atoms with Crippen LogP contribution in [0.2, 0.25) is 0 Å². The van der Waals surface area contributed by atoms with Crippen molar-refractivity contribution in [3.8, 4) is 0 Å². The summed E-state index contributed by atoms with van der Waals surface area (Å²) in [5, 5.41) is 5.17. The van der Waals surface area contributed by atoms with Crippen LogP contribution in [0.25, 0.3) is 0 Å². The molecule has 1 rings (SSSR count). The summed E-state index contributed by atoms with van der Waals surface area (Å²) < 4.78 is 5.06. The van der Waals surface area contributed by atoms with Gasteiger partial charge < -0.3 is 21.1 Å². The van der Waals surface area contributed by atoms with Crippen molar-refractivity contribution in [1.82, 2.24) is 15.6 Å². The average Bonchev–Trinajstić information content (AvgIpc) is 2.33. The summed E-state index contributed by atoms with van der Waals surface area (Å²) in [6.45, 7) is 5.87. The van der Waals surface area contributed by atoms with Crippen LogP contribution in [0.1, 0.15) is 31.1 Å². The molecule has 4 N–H and O–H groups in total. The number of hydrogen-bond donors (Lipinski definition) is 3. The summed E-state index contributed by atoms with van der Waals surface area (Å²) in [6.07, 6.45) is 0.989. The Kier molecular flexibility index (Phi) is 5.31. The van der Waals surface area contributed by atoms with Gasteiger partial charge in [0, 0.05) is 19.3 Å². The van der Waals surface area contributed by atoms with Crippen LogP contribution in [0.3, 0.4) is 0 Å². The minimum absolute atomic E-state index is 0.171. The van der Waals surface area contributed by atoms with Gasteiger partial charge in [-0.1, -0.05) is 0 Å². The third-order valence-corrected chi connectivity index (χ3v) is 2.16. The van der Waals surface area contributed by atoms with Gasteiger partial charge in [0.1, 0.15) is 11.4 Å². The molecule has 1 heterocycles. The van der Waals surface area contributed by atoms with Gasteiger partial charge in [-0.2, -0.15) is 0 Å². The lowest BCUT2D eigenvalue weighted by Gasteiger charge is -2.19. The number of anilines is 1. The first-order valence-electron chi connectivity index (χ1n) is 6.25. The van der Waals surface area contributed by atoms with E-state index >= 15 is 0 Å². The monoisotopic (exact) mass is 280 g/mol. The van der Waals surface area contributed by atoms with Crippen LogP contribution in [-0.4, -0.2) is 35.7 Å². The normalized spacial score (nSPS) is 10.8. The Morgan fingerprint density at radius 3 is 2.55 bits per heavy atom. The first kappa shape index (κ1) is 15.7. The van der Waals surface area contributed by atoms with E-state index in [1.54, 1.807) is 32.9 Å². The molecule has 7 heteroatoms. The number of amides is 2. The molecule has 110 valence electrons. The molecule has 0 aliphatic rings. The number of hydrogen-bond acceptors (Lipinski definition) is 5. The molecule has 0 fully saturated rings. The van der Waals surface area contributed by atoms with E-state index in [9.17, 15) is 9.59 Å². The number of nitrogens with two attached hydrogens (primary N) is 1. The number of nitrogens with one attached hydrogen (secondary N) is 2. The Bertz CT molecular complexity index is 483. The quantitative estimate of drug-likeness (QED) is 0.711. The van der Waals surface area contributed by atoms with E-state index in [1.807, 2.05) is 0 Å². The summed E-state index contributed by atoms with van der Waals surface area (Å²) in [5.41, 5.74) is 5.35. The minimum atomic E-state index is -0.544. The van der Waals surface area contributed by atoms with Crippen LogP contribution in [-0.2, 0) is 4.74 Å². The summed E-state index contributed by atoms with van der Waals surface area (Å²) in [5.74, 6) is -0.160. The van der Waals surface area contributed by atoms with Crippen molar-refractivity contribution in [3.63, 3.8) is 0 Å². The van der Waals surface area contributed by atoms with Gasteiger partial charge >= 0.3 is 6.09 Å². The number of carbonyl (C=O) groups is 2. The molecule has 7 nitrogen and oxygen atoms in total. The van der Waals surface area contributed by atoms with E-state index in [0.29, 0.717) is 5.56 Å². The van der Waals surface area contributed by atoms with Crippen molar-refractivity contribution < 1.29 is 14.3 Å². The maximum Gasteiger partial charge on any atom is 0.407 e. The molecule has 0 radical (unpaired) electrons. The largest absolute Gasteiger partial charge is 0.444 e. The predicted octanol–water partition coefficient (Wildman–Crippen LogP) is 0.918. The van der Waals surface area contributed by atoms with E-state index in [2.05, 4.69) is 15.6 Å². The van der Waals surface area contributed by atoms with Gasteiger partial charge in [-0.05, 0) is 32.9 Å². The number of nitrogens with zero attached hydrogens (tertiary/aromatic N) is 1. The van der Waals surface area contributed by atoms with Gasteiger partial charge in [0.25, 0.3) is 5.91 Å². The molecule has 0 saturated carbocycles. The molecule has 0 atom stereocenters. The lowest BCUT2D eigenvalue weighted by molar-refractivity contribution is 0.0526. The lowest BCUT2D eigenvalue weighted by Crippen LogP contribution is -2.38. The van der Waals surface area contributed by atoms with Gasteiger partial charge in [0.05, 0.1) is 5.56 Å². The molecular weight excluding hydrogens is 260 g/mol. The number of pyridine rings is 1. The Morgan fingerprint density at radius 1 is 1.30 bits per heavy atom. The van der Waals surface area contributed by atoms with Crippen molar-refractivity contribution in [1.29, 1.82) is 0 Å². The van der Waals surface area contributed by atoms with Crippen molar-refractivity contribution >= 4 is 17.8 Å². The van der Waals surface area contributed by atoms with E-state index in [0.717, 1.165) is 0 Å². The maximum atomic E-state index is 11.8. The number of rotatable bonds is 4. The Labute approximate surface area is 117 Å². The molecule has 0 aliphatic heterocycles. The van der Waals surface area contributed by atoms with E-state index in [4.69, 9.17) is 10.5 Å². The van der Waals surface area contributed by atoms with E-state index in [-0.39, 0.29) is 24.8 Å². The fourth-order valence-electron chi connectivity index (χ4n) is 1.36. The van der Waals surface area contributed by atoms with Crippen LogP contribution in [0, 0.1) is 0 Å². The molecular formula is C13H20N4O3. The molecule has 20 heavy (non-hydrogen) atoms. The molecule has 1 aromatic rings. The van der Waals surface area contributed by atoms with E-state index < -0.39 is 11.7 Å². The molecule has 0 unspecified atom stereocenters. The highest BCUT2D eigenvalue weighted by Crippen LogP contribution is 2.06. The molecule has 2 amide bonds. The van der Waals surface area contributed by atoms with Gasteiger partial charge in [-0.25, -0.2) is 9.78 Å². The number of aromatic nitrogens is 1. The third kappa shape index (κ3) is 5.55. The van der Waals surface area contributed by atoms with E-state index in [1.165, 1.54) is 6.20 Å². The molecule has 0 aliphatic carbocycles. The summed E-state index contributed by atoms with van der Waals surface area (Å²) in [7, 11) is 0. The summed E-state index contributed by atoms with van der Waals surface area (Å²) >= 11 is 0. The molecule has 1 aromatic heterocycles. The lowest BCUT2D eigenvalue weighted by atomic mass is 10.2. The van der Waals surface area contributed by atoms with Crippen LogP contribution in [0.4, 0.5) is 10.6 Å². The highest BCUT2D eigenvalue weighted by Gasteiger charge is 2.15. The van der Waals surface area contributed by atoms with Crippen molar-refractivity contribution in [2.45, 2.75) is 26.4 Å². The second-order valence-corrected chi connectivity index (χ2v) is 5.12. The van der Waals surface area contributed by atoms with Gasteiger partial charge in [0.2, 0.25) is 0 Å². The van der Waals surface area contributed by atoms with Gasteiger partial charge in [0.15, 0.2) is 0 Å². The van der Waals surface area contributed by atoms with Crippen LogP contribution < -0.4 is 16.4 Å². The van der Waals surface area contributed by atoms with Crippen LogP contribution >= 0.6 is 0 Å². The van der Waals surface area contributed by atoms with Crippen molar-refractivity contribution in [2.24, 2.45) is 0 Å². The Hall–Kier alpha value is -2.31. The number of alkyl carbamates (subject to hydrolysis) is 1.